The highest BCUT2D eigenvalue weighted by molar-refractivity contribution is 6.05. The zero-order valence-electron chi connectivity index (χ0n) is 17.8. The molecule has 0 aromatic heterocycles. The van der Waals surface area contributed by atoms with Crippen molar-refractivity contribution in [2.45, 2.75) is 32.1 Å². The molecule has 166 valence electrons. The van der Waals surface area contributed by atoms with Gasteiger partial charge in [-0.15, -0.1) is 0 Å². The minimum absolute atomic E-state index is 0.00194. The van der Waals surface area contributed by atoms with Gasteiger partial charge >= 0.3 is 5.97 Å². The van der Waals surface area contributed by atoms with Crippen LogP contribution in [0.3, 0.4) is 0 Å². The molecule has 2 fully saturated rings. The van der Waals surface area contributed by atoms with Gasteiger partial charge in [0.1, 0.15) is 0 Å². The number of para-hydroxylation sites is 1. The van der Waals surface area contributed by atoms with Crippen molar-refractivity contribution in [3.63, 3.8) is 0 Å². The highest BCUT2D eigenvalue weighted by Crippen LogP contribution is 2.38. The van der Waals surface area contributed by atoms with E-state index in [-0.39, 0.29) is 36.6 Å². The molecule has 2 aromatic rings. The van der Waals surface area contributed by atoms with Crippen molar-refractivity contribution < 1.29 is 23.9 Å². The number of esters is 1. The first-order chi connectivity index (χ1) is 15.5. The van der Waals surface area contributed by atoms with E-state index in [1.165, 1.54) is 4.90 Å². The van der Waals surface area contributed by atoms with Gasteiger partial charge in [-0.3, -0.25) is 24.1 Å². The summed E-state index contributed by atoms with van der Waals surface area (Å²) in [5.41, 5.74) is 2.44. The Bertz CT molecular complexity index is 996. The predicted octanol–water partition coefficient (Wildman–Crippen LogP) is 3.40. The molecule has 7 nitrogen and oxygen atoms in total. The third kappa shape index (κ3) is 4.72. The largest absolute Gasteiger partial charge is 0.456 e. The molecule has 0 radical (unpaired) electrons. The van der Waals surface area contributed by atoms with Gasteiger partial charge in [-0.1, -0.05) is 61.4 Å². The van der Waals surface area contributed by atoms with Crippen molar-refractivity contribution in [1.29, 1.82) is 0 Å². The molecule has 0 bridgehead atoms. The van der Waals surface area contributed by atoms with Crippen LogP contribution in [-0.2, 0) is 23.9 Å². The first kappa shape index (κ1) is 21.7. The van der Waals surface area contributed by atoms with Gasteiger partial charge in [0.05, 0.1) is 18.3 Å². The summed E-state index contributed by atoms with van der Waals surface area (Å²) in [6.07, 6.45) is 3.27. The number of likely N-dealkylation sites (tertiary alicyclic amines) is 1. The monoisotopic (exact) mass is 434 g/mol. The van der Waals surface area contributed by atoms with E-state index in [1.807, 2.05) is 48.5 Å². The maximum absolute atomic E-state index is 12.5. The summed E-state index contributed by atoms with van der Waals surface area (Å²) in [5, 5.41) is 2.77. The Morgan fingerprint density at radius 3 is 2.22 bits per heavy atom. The number of carbonyl (C=O) groups is 4. The zero-order chi connectivity index (χ0) is 22.5. The molecular formula is C25H26N2O5. The Labute approximate surface area is 186 Å². The first-order valence-corrected chi connectivity index (χ1v) is 11.0. The lowest BCUT2D eigenvalue weighted by Gasteiger charge is -2.19. The topological polar surface area (TPSA) is 92.8 Å². The Morgan fingerprint density at radius 2 is 1.53 bits per heavy atom. The summed E-state index contributed by atoms with van der Waals surface area (Å²) >= 11 is 0. The van der Waals surface area contributed by atoms with E-state index in [9.17, 15) is 19.2 Å². The van der Waals surface area contributed by atoms with Gasteiger partial charge in [-0.2, -0.15) is 0 Å². The smallest absolute Gasteiger partial charge is 0.308 e. The van der Waals surface area contributed by atoms with Crippen LogP contribution in [0.5, 0.6) is 0 Å². The second-order valence-electron chi connectivity index (χ2n) is 8.20. The standard InChI is InChI=1S/C25H26N2O5/c28-22(26-21-13-7-6-10-18(21)17-8-2-1-3-9-17)16-32-23(29)14-15-27-24(30)19-11-4-5-12-20(19)25(27)31/h1-3,6-10,13,19-20H,4-5,11-12,14-16H2,(H,26,28)/t19-,20+. The highest BCUT2D eigenvalue weighted by atomic mass is 16.5. The normalized spacial score (nSPS) is 20.1. The maximum atomic E-state index is 12.5. The highest BCUT2D eigenvalue weighted by Gasteiger charge is 2.47. The lowest BCUT2D eigenvalue weighted by Crippen LogP contribution is -2.33. The molecule has 2 atom stereocenters. The van der Waals surface area contributed by atoms with Crippen molar-refractivity contribution in [2.75, 3.05) is 18.5 Å². The summed E-state index contributed by atoms with van der Waals surface area (Å²) in [7, 11) is 0. The Balaban J connectivity index is 1.27. The molecule has 2 aromatic carbocycles. The van der Waals surface area contributed by atoms with Crippen LogP contribution in [0.2, 0.25) is 0 Å². The molecule has 0 unspecified atom stereocenters. The quantitative estimate of drug-likeness (QED) is 0.533. The van der Waals surface area contributed by atoms with Crippen LogP contribution < -0.4 is 5.32 Å². The Hall–Kier alpha value is -3.48. The van der Waals surface area contributed by atoms with E-state index in [1.54, 1.807) is 6.07 Å². The van der Waals surface area contributed by atoms with Crippen molar-refractivity contribution in [3.05, 3.63) is 54.6 Å². The van der Waals surface area contributed by atoms with Crippen LogP contribution in [-0.4, -0.2) is 41.7 Å². The van der Waals surface area contributed by atoms with Crippen LogP contribution >= 0.6 is 0 Å². The molecule has 7 heteroatoms. The van der Waals surface area contributed by atoms with Crippen molar-refractivity contribution in [3.8, 4) is 11.1 Å². The Morgan fingerprint density at radius 1 is 0.906 bits per heavy atom. The fraction of sp³-hybridized carbons (Fsp3) is 0.360. The molecule has 1 saturated heterocycles. The van der Waals surface area contributed by atoms with Crippen LogP contribution in [0.4, 0.5) is 5.69 Å². The number of amides is 3. The predicted molar refractivity (Wildman–Crippen MR) is 118 cm³/mol. The molecule has 1 aliphatic heterocycles. The van der Waals surface area contributed by atoms with Crippen LogP contribution in [0.15, 0.2) is 54.6 Å². The van der Waals surface area contributed by atoms with Crippen LogP contribution in [0.25, 0.3) is 11.1 Å². The zero-order valence-corrected chi connectivity index (χ0v) is 17.8. The minimum Gasteiger partial charge on any atom is -0.456 e. The third-order valence-corrected chi connectivity index (χ3v) is 6.12. The molecule has 2 aliphatic rings. The van der Waals surface area contributed by atoms with Gasteiger partial charge in [0.25, 0.3) is 5.91 Å². The number of nitrogens with zero attached hydrogens (tertiary/aromatic N) is 1. The van der Waals surface area contributed by atoms with Crippen LogP contribution in [0.1, 0.15) is 32.1 Å². The lowest BCUT2D eigenvalue weighted by molar-refractivity contribution is -0.148. The SMILES string of the molecule is O=C(COC(=O)CCN1C(=O)[C@H]2CCCC[C@H]2C1=O)Nc1ccccc1-c1ccccc1. The number of rotatable bonds is 7. The maximum Gasteiger partial charge on any atom is 0.308 e. The van der Waals surface area contributed by atoms with E-state index < -0.39 is 18.5 Å². The average Bonchev–Trinajstić information content (AvgIpc) is 3.07. The molecule has 4 rings (SSSR count). The fourth-order valence-electron chi connectivity index (χ4n) is 4.52. The fourth-order valence-corrected chi connectivity index (χ4v) is 4.52. The molecule has 0 spiro atoms. The number of ether oxygens (including phenoxy) is 1. The van der Waals surface area contributed by atoms with Gasteiger partial charge in [0.15, 0.2) is 6.61 Å². The van der Waals surface area contributed by atoms with Crippen LogP contribution in [0, 0.1) is 11.8 Å². The number of hydrogen-bond acceptors (Lipinski definition) is 5. The molecule has 1 aliphatic carbocycles. The summed E-state index contributed by atoms with van der Waals surface area (Å²) in [6.45, 7) is -0.433. The second kappa shape index (κ2) is 9.77. The van der Waals surface area contributed by atoms with E-state index in [0.717, 1.165) is 36.8 Å². The molecule has 1 saturated carbocycles. The third-order valence-electron chi connectivity index (χ3n) is 6.12. The molecule has 1 heterocycles. The number of anilines is 1. The Kier molecular flexibility index (Phi) is 6.63. The molecule has 3 amide bonds. The summed E-state index contributed by atoms with van der Waals surface area (Å²) in [5.74, 6) is -1.90. The van der Waals surface area contributed by atoms with E-state index in [2.05, 4.69) is 5.32 Å². The summed E-state index contributed by atoms with van der Waals surface area (Å²) in [4.78, 5) is 50.6. The van der Waals surface area contributed by atoms with E-state index in [4.69, 9.17) is 4.74 Å². The molecule has 32 heavy (non-hydrogen) atoms. The summed E-state index contributed by atoms with van der Waals surface area (Å²) in [6, 6.07) is 17.0. The van der Waals surface area contributed by atoms with Crippen molar-refractivity contribution >= 4 is 29.4 Å². The van der Waals surface area contributed by atoms with Gasteiger partial charge in [0, 0.05) is 17.8 Å². The number of hydrogen-bond donors (Lipinski definition) is 1. The average molecular weight is 434 g/mol. The first-order valence-electron chi connectivity index (χ1n) is 11.0. The van der Waals surface area contributed by atoms with Crippen molar-refractivity contribution in [2.24, 2.45) is 11.8 Å². The second-order valence-corrected chi connectivity index (χ2v) is 8.20. The van der Waals surface area contributed by atoms with Crippen molar-refractivity contribution in [1.82, 2.24) is 4.90 Å². The molecule has 1 N–H and O–H groups in total. The minimum atomic E-state index is -0.619. The lowest BCUT2D eigenvalue weighted by atomic mass is 9.81. The number of imide groups is 1. The van der Waals surface area contributed by atoms with Gasteiger partial charge in [-0.05, 0) is 24.5 Å². The van der Waals surface area contributed by atoms with Gasteiger partial charge < -0.3 is 10.1 Å². The van der Waals surface area contributed by atoms with E-state index >= 15 is 0 Å². The van der Waals surface area contributed by atoms with Gasteiger partial charge in [0.2, 0.25) is 11.8 Å². The summed E-state index contributed by atoms with van der Waals surface area (Å²) < 4.78 is 5.07. The number of benzene rings is 2. The number of fused-ring (bicyclic) bond motifs is 1. The number of carbonyl (C=O) groups excluding carboxylic acids is 4. The van der Waals surface area contributed by atoms with Gasteiger partial charge in [-0.25, -0.2) is 0 Å². The number of nitrogens with one attached hydrogen (secondary N) is 1. The molecular weight excluding hydrogens is 408 g/mol. The van der Waals surface area contributed by atoms with E-state index in [0.29, 0.717) is 5.69 Å².